The van der Waals surface area contributed by atoms with E-state index in [1.54, 1.807) is 60.7 Å². The maximum Gasteiger partial charge on any atom is 1.00 e. The molecule has 0 aliphatic rings. The van der Waals surface area contributed by atoms with Crippen LogP contribution in [0.1, 0.15) is 0 Å². The van der Waals surface area contributed by atoms with E-state index in [-0.39, 0.29) is 35.3 Å². The minimum Gasteiger partial charge on any atom is -0.872 e. The first kappa shape index (κ1) is 20.1. The van der Waals surface area contributed by atoms with Crippen molar-refractivity contribution in [3.63, 3.8) is 0 Å². The van der Waals surface area contributed by atoms with Gasteiger partial charge >= 0.3 is 29.6 Å². The molecule has 4 heteroatoms. The van der Waals surface area contributed by atoms with E-state index in [1.807, 2.05) is 18.2 Å². The zero-order valence-corrected chi connectivity index (χ0v) is 14.5. The molecule has 0 spiro atoms. The van der Waals surface area contributed by atoms with Crippen molar-refractivity contribution >= 4 is 0 Å². The van der Waals surface area contributed by atoms with Crippen LogP contribution in [0.25, 0.3) is 0 Å². The molecule has 3 nitrogen and oxygen atoms in total. The van der Waals surface area contributed by atoms with E-state index in [4.69, 9.17) is 10.2 Å². The van der Waals surface area contributed by atoms with E-state index in [2.05, 4.69) is 0 Å². The van der Waals surface area contributed by atoms with Gasteiger partial charge in [0.05, 0.1) is 0 Å². The van der Waals surface area contributed by atoms with Crippen LogP contribution in [-0.4, -0.2) is 10.2 Å². The van der Waals surface area contributed by atoms with Crippen LogP contribution >= 0.6 is 0 Å². The summed E-state index contributed by atoms with van der Waals surface area (Å²) in [6.07, 6.45) is 0. The normalized spacial score (nSPS) is 8.18. The first-order chi connectivity index (χ1) is 10.2. The van der Waals surface area contributed by atoms with E-state index < -0.39 is 0 Å². The summed E-state index contributed by atoms with van der Waals surface area (Å²) in [5.41, 5.74) is 0. The van der Waals surface area contributed by atoms with Gasteiger partial charge in [0.25, 0.3) is 0 Å². The third-order valence-electron chi connectivity index (χ3n) is 2.26. The topological polar surface area (TPSA) is 63.5 Å². The minimum atomic E-state index is 0. The predicted molar refractivity (Wildman–Crippen MR) is 82.1 cm³/mol. The molecule has 108 valence electrons. The van der Waals surface area contributed by atoms with Crippen molar-refractivity contribution in [1.82, 2.24) is 0 Å². The molecular weight excluding hydrogens is 287 g/mol. The van der Waals surface area contributed by atoms with Crippen LogP contribution in [0.2, 0.25) is 0 Å². The molecule has 0 atom stereocenters. The molecule has 22 heavy (non-hydrogen) atoms. The number of rotatable bonds is 0. The smallest absolute Gasteiger partial charge is 0.872 e. The number of benzene rings is 3. The van der Waals surface area contributed by atoms with Crippen LogP contribution in [-0.2, 0) is 0 Å². The maximum atomic E-state index is 10.3. The fourth-order valence-electron chi connectivity index (χ4n) is 1.28. The van der Waals surface area contributed by atoms with Crippen molar-refractivity contribution in [1.29, 1.82) is 0 Å². The van der Waals surface area contributed by atoms with Gasteiger partial charge < -0.3 is 15.3 Å². The summed E-state index contributed by atoms with van der Waals surface area (Å²) in [6.45, 7) is 0. The van der Waals surface area contributed by atoms with Crippen molar-refractivity contribution in [2.45, 2.75) is 0 Å². The fraction of sp³-hybridized carbons (Fsp3) is 0. The summed E-state index contributed by atoms with van der Waals surface area (Å²) in [5, 5.41) is 27.5. The Bertz CT molecular complexity index is 497. The summed E-state index contributed by atoms with van der Waals surface area (Å²) in [5.74, 6) is 0.715. The molecule has 3 aromatic rings. The van der Waals surface area contributed by atoms with Gasteiger partial charge in [-0.25, -0.2) is 0 Å². The summed E-state index contributed by atoms with van der Waals surface area (Å²) in [6, 6.07) is 25.8. The predicted octanol–water partition coefficient (Wildman–Crippen LogP) is 0.549. The Morgan fingerprint density at radius 2 is 0.773 bits per heavy atom. The van der Waals surface area contributed by atoms with Crippen molar-refractivity contribution < 1.29 is 44.9 Å². The molecule has 3 aromatic carbocycles. The van der Waals surface area contributed by atoms with Crippen LogP contribution in [0.15, 0.2) is 91.0 Å². The second kappa shape index (κ2) is 12.8. The number of phenols is 2. The molecule has 0 unspecified atom stereocenters. The zero-order chi connectivity index (χ0) is 15.3. The fourth-order valence-corrected chi connectivity index (χ4v) is 1.28. The molecule has 0 amide bonds. The van der Waals surface area contributed by atoms with E-state index in [0.29, 0.717) is 11.5 Å². The van der Waals surface area contributed by atoms with Gasteiger partial charge in [-0.2, -0.15) is 0 Å². The van der Waals surface area contributed by atoms with Crippen molar-refractivity contribution in [3.8, 4) is 17.2 Å². The summed E-state index contributed by atoms with van der Waals surface area (Å²) < 4.78 is 0. The van der Waals surface area contributed by atoms with Gasteiger partial charge in [0.1, 0.15) is 11.5 Å². The van der Waals surface area contributed by atoms with Gasteiger partial charge in [-0.05, 0) is 24.3 Å². The largest absolute Gasteiger partial charge is 1.00 e. The number of hydrogen-bond acceptors (Lipinski definition) is 3. The molecule has 0 aliphatic heterocycles. The molecule has 0 bridgehead atoms. The molecule has 0 aliphatic carbocycles. The van der Waals surface area contributed by atoms with E-state index in [9.17, 15) is 5.11 Å². The van der Waals surface area contributed by atoms with E-state index in [0.717, 1.165) is 0 Å². The first-order valence-corrected chi connectivity index (χ1v) is 6.38. The molecule has 0 radical (unpaired) electrons. The second-order valence-corrected chi connectivity index (χ2v) is 3.98. The van der Waals surface area contributed by atoms with Gasteiger partial charge in [0.15, 0.2) is 0 Å². The second-order valence-electron chi connectivity index (χ2n) is 3.98. The minimum absolute atomic E-state index is 0. The first-order valence-electron chi connectivity index (χ1n) is 6.38. The molecule has 0 heterocycles. The molecule has 0 saturated carbocycles. The quantitative estimate of drug-likeness (QED) is 0.596. The van der Waals surface area contributed by atoms with Gasteiger partial charge in [-0.3, -0.25) is 0 Å². The Morgan fingerprint density at radius 3 is 0.909 bits per heavy atom. The standard InChI is InChI=1S/3C6H6O.Na/c3*7-6-4-2-1-3-5-6;/h3*1-5,7H;/q;;;+1/p-1. The molecule has 0 saturated heterocycles. The number of hydrogen-bond donors (Lipinski definition) is 2. The summed E-state index contributed by atoms with van der Waals surface area (Å²) >= 11 is 0. The Balaban J connectivity index is 0.000000294. The number of aromatic hydroxyl groups is 2. The van der Waals surface area contributed by atoms with Crippen molar-refractivity contribution in [3.05, 3.63) is 91.0 Å². The molecule has 0 aromatic heterocycles. The number of para-hydroxylation sites is 3. The van der Waals surface area contributed by atoms with Gasteiger partial charge in [0, 0.05) is 0 Å². The van der Waals surface area contributed by atoms with Crippen molar-refractivity contribution in [2.24, 2.45) is 0 Å². The van der Waals surface area contributed by atoms with E-state index in [1.165, 1.54) is 12.1 Å². The monoisotopic (exact) mass is 304 g/mol. The Hall–Kier alpha value is -1.94. The van der Waals surface area contributed by atoms with Gasteiger partial charge in [-0.1, -0.05) is 66.7 Å². The van der Waals surface area contributed by atoms with Crippen LogP contribution in [0.4, 0.5) is 0 Å². The SMILES string of the molecule is Oc1ccccc1.Oc1ccccc1.[Na+].[O-]c1ccccc1. The van der Waals surface area contributed by atoms with Crippen molar-refractivity contribution in [2.75, 3.05) is 0 Å². The van der Waals surface area contributed by atoms with Crippen LogP contribution in [0, 0.1) is 0 Å². The van der Waals surface area contributed by atoms with Gasteiger partial charge in [-0.15, -0.1) is 5.75 Å². The van der Waals surface area contributed by atoms with Crippen LogP contribution in [0.3, 0.4) is 0 Å². The average molecular weight is 304 g/mol. The zero-order valence-electron chi connectivity index (χ0n) is 12.5. The molecule has 2 N–H and O–H groups in total. The van der Waals surface area contributed by atoms with Gasteiger partial charge in [0.2, 0.25) is 0 Å². The van der Waals surface area contributed by atoms with Crippen LogP contribution in [0.5, 0.6) is 17.2 Å². The third-order valence-corrected chi connectivity index (χ3v) is 2.26. The average Bonchev–Trinajstić information content (AvgIpc) is 2.51. The Labute approximate surface area is 152 Å². The Morgan fingerprint density at radius 1 is 0.500 bits per heavy atom. The molecular formula is C18H17NaO3. The third kappa shape index (κ3) is 10.8. The van der Waals surface area contributed by atoms with Crippen LogP contribution < -0.4 is 34.7 Å². The van der Waals surface area contributed by atoms with E-state index >= 15 is 0 Å². The summed E-state index contributed by atoms with van der Waals surface area (Å²) in [7, 11) is 0. The summed E-state index contributed by atoms with van der Waals surface area (Å²) in [4.78, 5) is 0. The molecule has 0 fully saturated rings. The number of phenolic OH excluding ortho intramolecular Hbond substituents is 2. The molecule has 3 rings (SSSR count). The Kier molecular flexibility index (Phi) is 11.6. The maximum absolute atomic E-state index is 10.3.